The Kier molecular flexibility index (Phi) is 5.08. The molecule has 2 aromatic rings. The van der Waals surface area contributed by atoms with Gasteiger partial charge in [0, 0.05) is 17.3 Å². The van der Waals surface area contributed by atoms with E-state index in [0.717, 1.165) is 4.88 Å². The van der Waals surface area contributed by atoms with Gasteiger partial charge in [0.1, 0.15) is 0 Å². The number of carbonyl (C=O) groups is 2. The number of hydrogen-bond donors (Lipinski definition) is 3. The summed E-state index contributed by atoms with van der Waals surface area (Å²) in [5, 5.41) is 12.1. The summed E-state index contributed by atoms with van der Waals surface area (Å²) in [6, 6.07) is 3.58. The predicted molar refractivity (Wildman–Crippen MR) is 80.1 cm³/mol. The number of nitrogens with one attached hydrogen (secondary N) is 3. The molecule has 20 heavy (non-hydrogen) atoms. The molecule has 0 aliphatic rings. The number of rotatable bonds is 5. The molecule has 3 N–H and O–H groups in total. The second-order valence-electron chi connectivity index (χ2n) is 3.88. The first-order valence-corrected chi connectivity index (χ1v) is 7.65. The lowest BCUT2D eigenvalue weighted by Crippen LogP contribution is -2.27. The summed E-state index contributed by atoms with van der Waals surface area (Å²) in [5.41, 5.74) is 0.642. The van der Waals surface area contributed by atoms with E-state index in [4.69, 9.17) is 0 Å². The van der Waals surface area contributed by atoms with Crippen molar-refractivity contribution in [2.75, 3.05) is 12.4 Å². The Bertz CT molecular complexity index is 580. The van der Waals surface area contributed by atoms with Gasteiger partial charge in [-0.15, -0.1) is 22.7 Å². The fourth-order valence-electron chi connectivity index (χ4n) is 1.42. The Morgan fingerprint density at radius 2 is 2.20 bits per heavy atom. The van der Waals surface area contributed by atoms with E-state index in [9.17, 15) is 9.59 Å². The van der Waals surface area contributed by atoms with Crippen LogP contribution in [0.3, 0.4) is 0 Å². The van der Waals surface area contributed by atoms with Gasteiger partial charge in [-0.25, -0.2) is 9.78 Å². The van der Waals surface area contributed by atoms with Gasteiger partial charge in [-0.05, 0) is 11.4 Å². The van der Waals surface area contributed by atoms with E-state index < -0.39 is 0 Å². The SMILES string of the molecule is CNC(=O)Cc1csc(NC(=O)NCc2cccs2)n1. The number of nitrogens with zero attached hydrogens (tertiary/aromatic N) is 1. The van der Waals surface area contributed by atoms with Crippen molar-refractivity contribution >= 4 is 39.7 Å². The van der Waals surface area contributed by atoms with E-state index in [1.54, 1.807) is 23.8 Å². The molecule has 2 aromatic heterocycles. The molecule has 0 aliphatic heterocycles. The summed E-state index contributed by atoms with van der Waals surface area (Å²) in [5.74, 6) is -0.107. The number of likely N-dealkylation sites (N-methyl/N-ethyl adjacent to an activating group) is 1. The maximum Gasteiger partial charge on any atom is 0.321 e. The Morgan fingerprint density at radius 3 is 2.90 bits per heavy atom. The fraction of sp³-hybridized carbons (Fsp3) is 0.250. The second kappa shape index (κ2) is 7.01. The highest BCUT2D eigenvalue weighted by Gasteiger charge is 2.08. The molecule has 0 saturated heterocycles. The molecule has 0 unspecified atom stereocenters. The van der Waals surface area contributed by atoms with Crippen LogP contribution < -0.4 is 16.0 Å². The molecule has 3 amide bonds. The first-order valence-electron chi connectivity index (χ1n) is 5.89. The molecule has 0 aliphatic carbocycles. The highest BCUT2D eigenvalue weighted by molar-refractivity contribution is 7.14. The highest BCUT2D eigenvalue weighted by Crippen LogP contribution is 2.15. The van der Waals surface area contributed by atoms with Gasteiger partial charge in [-0.2, -0.15) is 0 Å². The van der Waals surface area contributed by atoms with Gasteiger partial charge in [0.2, 0.25) is 5.91 Å². The van der Waals surface area contributed by atoms with Crippen molar-refractivity contribution in [3.05, 3.63) is 33.5 Å². The van der Waals surface area contributed by atoms with Crippen molar-refractivity contribution in [3.8, 4) is 0 Å². The molecular weight excluding hydrogens is 296 g/mol. The molecule has 0 atom stereocenters. The average molecular weight is 310 g/mol. The van der Waals surface area contributed by atoms with Gasteiger partial charge in [-0.3, -0.25) is 10.1 Å². The van der Waals surface area contributed by atoms with Gasteiger partial charge in [0.25, 0.3) is 0 Å². The number of anilines is 1. The maximum atomic E-state index is 11.7. The van der Waals surface area contributed by atoms with E-state index >= 15 is 0 Å². The summed E-state index contributed by atoms with van der Waals surface area (Å²) < 4.78 is 0. The minimum absolute atomic E-state index is 0.107. The van der Waals surface area contributed by atoms with Gasteiger partial charge >= 0.3 is 6.03 Å². The number of hydrogen-bond acceptors (Lipinski definition) is 5. The van der Waals surface area contributed by atoms with Crippen molar-refractivity contribution < 1.29 is 9.59 Å². The van der Waals surface area contributed by atoms with Crippen molar-refractivity contribution in [1.29, 1.82) is 0 Å². The van der Waals surface area contributed by atoms with Crippen LogP contribution in [0.1, 0.15) is 10.6 Å². The van der Waals surface area contributed by atoms with E-state index in [1.165, 1.54) is 11.3 Å². The molecule has 0 bridgehead atoms. The third kappa shape index (κ3) is 4.32. The zero-order valence-corrected chi connectivity index (χ0v) is 12.4. The van der Waals surface area contributed by atoms with Crippen LogP contribution in [0.25, 0.3) is 0 Å². The molecular formula is C12H14N4O2S2. The van der Waals surface area contributed by atoms with Crippen LogP contribution in [-0.2, 0) is 17.8 Å². The highest BCUT2D eigenvalue weighted by atomic mass is 32.1. The summed E-state index contributed by atoms with van der Waals surface area (Å²) in [7, 11) is 1.58. The standard InChI is InChI=1S/C12H14N4O2S2/c1-13-10(17)5-8-7-20-12(15-8)16-11(18)14-6-9-3-2-4-19-9/h2-4,7H,5-6H2,1H3,(H,13,17)(H2,14,15,16,18). The van der Waals surface area contributed by atoms with Crippen LogP contribution in [0.5, 0.6) is 0 Å². The molecule has 0 aromatic carbocycles. The molecule has 0 spiro atoms. The average Bonchev–Trinajstić information content (AvgIpc) is 3.08. The summed E-state index contributed by atoms with van der Waals surface area (Å²) >= 11 is 2.88. The third-order valence-electron chi connectivity index (χ3n) is 2.40. The van der Waals surface area contributed by atoms with E-state index in [-0.39, 0.29) is 18.4 Å². The Morgan fingerprint density at radius 1 is 1.35 bits per heavy atom. The van der Waals surface area contributed by atoms with Crippen LogP contribution in [0.2, 0.25) is 0 Å². The maximum absolute atomic E-state index is 11.7. The topological polar surface area (TPSA) is 83.1 Å². The van der Waals surface area contributed by atoms with Gasteiger partial charge < -0.3 is 10.6 Å². The molecule has 8 heteroatoms. The Balaban J connectivity index is 1.80. The summed E-state index contributed by atoms with van der Waals surface area (Å²) in [4.78, 5) is 28.1. The lowest BCUT2D eigenvalue weighted by atomic mass is 10.3. The first kappa shape index (κ1) is 14.5. The van der Waals surface area contributed by atoms with E-state index in [0.29, 0.717) is 17.4 Å². The van der Waals surface area contributed by atoms with Crippen LogP contribution in [0, 0.1) is 0 Å². The van der Waals surface area contributed by atoms with Crippen molar-refractivity contribution in [2.45, 2.75) is 13.0 Å². The number of aromatic nitrogens is 1. The van der Waals surface area contributed by atoms with E-state index in [1.807, 2.05) is 17.5 Å². The largest absolute Gasteiger partial charge is 0.359 e. The minimum atomic E-state index is -0.306. The third-order valence-corrected chi connectivity index (χ3v) is 4.08. The van der Waals surface area contributed by atoms with Crippen molar-refractivity contribution in [1.82, 2.24) is 15.6 Å². The summed E-state index contributed by atoms with van der Waals surface area (Å²) in [6.07, 6.45) is 0.214. The van der Waals surface area contributed by atoms with Gasteiger partial charge in [0.05, 0.1) is 18.7 Å². The lowest BCUT2D eigenvalue weighted by Gasteiger charge is -2.03. The molecule has 0 radical (unpaired) electrons. The number of amides is 3. The number of carbonyl (C=O) groups excluding carboxylic acids is 2. The van der Waals surface area contributed by atoms with Gasteiger partial charge in [0.15, 0.2) is 5.13 Å². The second-order valence-corrected chi connectivity index (χ2v) is 5.77. The first-order chi connectivity index (χ1) is 9.67. The quantitative estimate of drug-likeness (QED) is 0.787. The number of thiazole rings is 1. The Labute approximate surface area is 124 Å². The fourth-order valence-corrected chi connectivity index (χ4v) is 2.77. The number of urea groups is 1. The van der Waals surface area contributed by atoms with Crippen LogP contribution in [0.4, 0.5) is 9.93 Å². The van der Waals surface area contributed by atoms with Gasteiger partial charge in [-0.1, -0.05) is 6.07 Å². The normalized spacial score (nSPS) is 10.1. The van der Waals surface area contributed by atoms with Crippen LogP contribution in [0.15, 0.2) is 22.9 Å². The predicted octanol–water partition coefficient (Wildman–Crippen LogP) is 1.81. The Hall–Kier alpha value is -1.93. The van der Waals surface area contributed by atoms with Crippen LogP contribution >= 0.6 is 22.7 Å². The lowest BCUT2D eigenvalue weighted by molar-refractivity contribution is -0.120. The minimum Gasteiger partial charge on any atom is -0.359 e. The van der Waals surface area contributed by atoms with E-state index in [2.05, 4.69) is 20.9 Å². The molecule has 0 saturated carbocycles. The molecule has 6 nitrogen and oxygen atoms in total. The molecule has 2 heterocycles. The molecule has 2 rings (SSSR count). The van der Waals surface area contributed by atoms with Crippen molar-refractivity contribution in [2.24, 2.45) is 0 Å². The molecule has 106 valence electrons. The molecule has 0 fully saturated rings. The summed E-state index contributed by atoms with van der Waals surface area (Å²) in [6.45, 7) is 0.486. The zero-order valence-electron chi connectivity index (χ0n) is 10.8. The number of thiophene rings is 1. The monoisotopic (exact) mass is 310 g/mol. The van der Waals surface area contributed by atoms with Crippen LogP contribution in [-0.4, -0.2) is 24.0 Å². The van der Waals surface area contributed by atoms with Crippen molar-refractivity contribution in [3.63, 3.8) is 0 Å². The zero-order chi connectivity index (χ0) is 14.4. The smallest absolute Gasteiger partial charge is 0.321 e.